The molecule has 0 radical (unpaired) electrons. The third-order valence-electron chi connectivity index (χ3n) is 5.35. The predicted octanol–water partition coefficient (Wildman–Crippen LogP) is 5.75. The largest absolute Gasteiger partial charge is 0.496 e. The molecular formula is C25H20ClNO4. The molecule has 0 atom stereocenters. The Hall–Kier alpha value is -3.57. The van der Waals surface area contributed by atoms with E-state index < -0.39 is 5.97 Å². The Balaban J connectivity index is 1.87. The predicted molar refractivity (Wildman–Crippen MR) is 123 cm³/mol. The van der Waals surface area contributed by atoms with Crippen LogP contribution in [0.1, 0.15) is 34.0 Å². The van der Waals surface area contributed by atoms with Crippen molar-refractivity contribution in [2.24, 2.45) is 0 Å². The lowest BCUT2D eigenvalue weighted by molar-refractivity contribution is -0.116. The molecule has 156 valence electrons. The Labute approximate surface area is 185 Å². The molecule has 1 heterocycles. The summed E-state index contributed by atoms with van der Waals surface area (Å²) in [6, 6.07) is 16.3. The minimum absolute atomic E-state index is 0.0946. The van der Waals surface area contributed by atoms with Gasteiger partial charge in [-0.25, -0.2) is 4.79 Å². The topological polar surface area (TPSA) is 66.8 Å². The van der Waals surface area contributed by atoms with Crippen LogP contribution in [0.25, 0.3) is 23.3 Å². The van der Waals surface area contributed by atoms with E-state index in [0.29, 0.717) is 22.9 Å². The second kappa shape index (κ2) is 8.28. The van der Waals surface area contributed by atoms with Crippen molar-refractivity contribution in [2.75, 3.05) is 12.0 Å². The van der Waals surface area contributed by atoms with E-state index in [0.717, 1.165) is 27.9 Å². The Bertz CT molecular complexity index is 1230. The fourth-order valence-corrected chi connectivity index (χ4v) is 4.04. The maximum Gasteiger partial charge on any atom is 0.340 e. The first-order valence-electron chi connectivity index (χ1n) is 9.68. The summed E-state index contributed by atoms with van der Waals surface area (Å²) in [6.07, 6.45) is 3.92. The first-order valence-corrected chi connectivity index (χ1v) is 10.1. The van der Waals surface area contributed by atoms with Crippen molar-refractivity contribution in [3.8, 4) is 16.9 Å². The van der Waals surface area contributed by atoms with Crippen molar-refractivity contribution in [1.29, 1.82) is 0 Å². The summed E-state index contributed by atoms with van der Waals surface area (Å²) in [6.45, 7) is 1.88. The van der Waals surface area contributed by atoms with Gasteiger partial charge in [0.15, 0.2) is 0 Å². The average molecular weight is 434 g/mol. The van der Waals surface area contributed by atoms with E-state index in [1.807, 2.05) is 42.5 Å². The molecule has 1 N–H and O–H groups in total. The number of carbonyl (C=O) groups excluding carboxylic acids is 1. The molecule has 1 aliphatic rings. The van der Waals surface area contributed by atoms with Crippen LogP contribution in [0.3, 0.4) is 0 Å². The summed E-state index contributed by atoms with van der Waals surface area (Å²) >= 11 is 6.16. The van der Waals surface area contributed by atoms with E-state index in [1.165, 1.54) is 14.0 Å². The first kappa shape index (κ1) is 20.7. The lowest BCUT2D eigenvalue weighted by atomic mass is 9.93. The molecule has 0 unspecified atom stereocenters. The molecule has 5 nitrogen and oxygen atoms in total. The van der Waals surface area contributed by atoms with Gasteiger partial charge in [-0.05, 0) is 58.1 Å². The van der Waals surface area contributed by atoms with Crippen LogP contribution in [0.4, 0.5) is 5.69 Å². The Morgan fingerprint density at radius 2 is 1.81 bits per heavy atom. The van der Waals surface area contributed by atoms with Gasteiger partial charge in [-0.15, -0.1) is 0 Å². The number of amides is 1. The summed E-state index contributed by atoms with van der Waals surface area (Å²) in [7, 11) is 1.45. The van der Waals surface area contributed by atoms with Crippen LogP contribution in [0, 0.1) is 0 Å². The number of ether oxygens (including phenoxy) is 1. The standard InChI is InChI=1S/C25H20ClNO4/c1-15(28)27-14-19-12-17(21-4-3-5-23(31-2)24(21)25(29)30)8-6-16(19)7-9-18-13-20(26)10-11-22(18)27/h3-13H,14H2,1-2H3,(H,29,30)/b9-7-. The third kappa shape index (κ3) is 3.92. The number of aromatic carboxylic acids is 1. The molecule has 1 amide bonds. The van der Waals surface area contributed by atoms with Crippen LogP contribution in [0.5, 0.6) is 5.75 Å². The minimum atomic E-state index is -1.06. The van der Waals surface area contributed by atoms with Crippen LogP contribution in [0.15, 0.2) is 54.6 Å². The Morgan fingerprint density at radius 3 is 2.52 bits per heavy atom. The van der Waals surface area contributed by atoms with Crippen LogP contribution in [-0.4, -0.2) is 24.1 Å². The number of methoxy groups -OCH3 is 1. The number of hydrogen-bond donors (Lipinski definition) is 1. The molecule has 6 heteroatoms. The normalized spacial score (nSPS) is 13.5. The fraction of sp³-hybridized carbons (Fsp3) is 0.120. The zero-order valence-corrected chi connectivity index (χ0v) is 17.8. The molecule has 3 aromatic carbocycles. The van der Waals surface area contributed by atoms with Crippen molar-refractivity contribution in [1.82, 2.24) is 0 Å². The number of rotatable bonds is 3. The zero-order valence-electron chi connectivity index (χ0n) is 17.1. The first-order chi connectivity index (χ1) is 14.9. The van der Waals surface area contributed by atoms with Gasteiger partial charge in [0.25, 0.3) is 0 Å². The van der Waals surface area contributed by atoms with Crippen molar-refractivity contribution in [3.05, 3.63) is 81.9 Å². The van der Waals surface area contributed by atoms with Gasteiger partial charge in [0, 0.05) is 11.9 Å². The maximum absolute atomic E-state index is 12.5. The number of anilines is 1. The van der Waals surface area contributed by atoms with Crippen molar-refractivity contribution in [3.63, 3.8) is 0 Å². The highest BCUT2D eigenvalue weighted by molar-refractivity contribution is 6.30. The number of fused-ring (bicyclic) bond motifs is 2. The number of carbonyl (C=O) groups is 2. The molecule has 1 aliphatic heterocycles. The van der Waals surface area contributed by atoms with Gasteiger partial charge in [-0.1, -0.05) is 48.0 Å². The second-order valence-corrected chi connectivity index (χ2v) is 7.68. The number of carboxylic acid groups (broad SMARTS) is 1. The number of nitrogens with zero attached hydrogens (tertiary/aromatic N) is 1. The number of hydrogen-bond acceptors (Lipinski definition) is 3. The molecular weight excluding hydrogens is 414 g/mol. The molecule has 0 bridgehead atoms. The summed E-state index contributed by atoms with van der Waals surface area (Å²) in [4.78, 5) is 26.1. The molecule has 31 heavy (non-hydrogen) atoms. The van der Waals surface area contributed by atoms with Crippen molar-refractivity contribution in [2.45, 2.75) is 13.5 Å². The third-order valence-corrected chi connectivity index (χ3v) is 5.58. The van der Waals surface area contributed by atoms with E-state index >= 15 is 0 Å². The molecule has 4 rings (SSSR count). The lowest BCUT2D eigenvalue weighted by Gasteiger charge is -2.26. The number of benzene rings is 3. The molecule has 0 aromatic heterocycles. The Morgan fingerprint density at radius 1 is 1.03 bits per heavy atom. The van der Waals surface area contributed by atoms with Gasteiger partial charge in [0.05, 0.1) is 19.3 Å². The number of halogens is 1. The molecule has 0 aliphatic carbocycles. The van der Waals surface area contributed by atoms with Gasteiger partial charge >= 0.3 is 5.97 Å². The van der Waals surface area contributed by atoms with Gasteiger partial charge < -0.3 is 14.7 Å². The molecule has 0 spiro atoms. The molecule has 3 aromatic rings. The minimum Gasteiger partial charge on any atom is -0.496 e. The average Bonchev–Trinajstić information content (AvgIpc) is 2.74. The lowest BCUT2D eigenvalue weighted by Crippen LogP contribution is -2.29. The van der Waals surface area contributed by atoms with Gasteiger partial charge in [0.1, 0.15) is 11.3 Å². The van der Waals surface area contributed by atoms with Gasteiger partial charge in [-0.2, -0.15) is 0 Å². The quantitative estimate of drug-likeness (QED) is 0.571. The molecule has 0 saturated carbocycles. The van der Waals surface area contributed by atoms with E-state index in [1.54, 1.807) is 29.2 Å². The van der Waals surface area contributed by atoms with Gasteiger partial charge in [0.2, 0.25) is 5.91 Å². The zero-order chi connectivity index (χ0) is 22.1. The summed E-state index contributed by atoms with van der Waals surface area (Å²) < 4.78 is 5.26. The Kier molecular flexibility index (Phi) is 5.53. The maximum atomic E-state index is 12.5. The molecule has 0 fully saturated rings. The van der Waals surface area contributed by atoms with Crippen molar-refractivity contribution >= 4 is 41.3 Å². The summed E-state index contributed by atoms with van der Waals surface area (Å²) in [5.41, 5.74) is 4.89. The second-order valence-electron chi connectivity index (χ2n) is 7.24. The van der Waals surface area contributed by atoms with Crippen LogP contribution in [-0.2, 0) is 11.3 Å². The number of carboxylic acids is 1. The van der Waals surface area contributed by atoms with Crippen molar-refractivity contribution < 1.29 is 19.4 Å². The molecule has 0 saturated heterocycles. The van der Waals surface area contributed by atoms with E-state index in [4.69, 9.17) is 16.3 Å². The van der Waals surface area contributed by atoms with Crippen LogP contribution < -0.4 is 9.64 Å². The summed E-state index contributed by atoms with van der Waals surface area (Å²) in [5.74, 6) is -0.856. The smallest absolute Gasteiger partial charge is 0.340 e. The van der Waals surface area contributed by atoms with Crippen LogP contribution >= 0.6 is 11.6 Å². The summed E-state index contributed by atoms with van der Waals surface area (Å²) in [5, 5.41) is 10.4. The SMILES string of the molecule is COc1cccc(-c2ccc3c(c2)CN(C(C)=O)c2ccc(Cl)cc2/C=C\3)c1C(=O)O. The van der Waals surface area contributed by atoms with E-state index in [2.05, 4.69) is 0 Å². The highest BCUT2D eigenvalue weighted by atomic mass is 35.5. The van der Waals surface area contributed by atoms with Crippen LogP contribution in [0.2, 0.25) is 5.02 Å². The highest BCUT2D eigenvalue weighted by Crippen LogP contribution is 2.35. The van der Waals surface area contributed by atoms with Gasteiger partial charge in [-0.3, -0.25) is 4.79 Å². The van der Waals surface area contributed by atoms with E-state index in [-0.39, 0.29) is 11.5 Å². The monoisotopic (exact) mass is 433 g/mol. The highest BCUT2D eigenvalue weighted by Gasteiger charge is 2.21. The fourth-order valence-electron chi connectivity index (χ4n) is 3.86. The van der Waals surface area contributed by atoms with E-state index in [9.17, 15) is 14.7 Å².